The number of carbonyl (C=O) groups is 2. The van der Waals surface area contributed by atoms with E-state index in [1.807, 2.05) is 34.1 Å². The molecule has 0 saturated carbocycles. The van der Waals surface area contributed by atoms with E-state index in [-0.39, 0.29) is 17.9 Å². The van der Waals surface area contributed by atoms with Crippen LogP contribution >= 0.6 is 0 Å². The number of amides is 2. The SMILES string of the molecule is CC(O)CN1CCN(C(=O)c2ccc(CN3CCCC3=O)cc2)CC1. The predicted molar refractivity (Wildman–Crippen MR) is 95.1 cm³/mol. The van der Waals surface area contributed by atoms with Crippen LogP contribution in [0.1, 0.15) is 35.7 Å². The van der Waals surface area contributed by atoms with Gasteiger partial charge in [-0.15, -0.1) is 0 Å². The predicted octanol–water partition coefficient (Wildman–Crippen LogP) is 0.948. The first kappa shape index (κ1) is 17.9. The zero-order valence-electron chi connectivity index (χ0n) is 14.9. The van der Waals surface area contributed by atoms with Crippen LogP contribution in [0.25, 0.3) is 0 Å². The molecule has 2 saturated heterocycles. The molecule has 2 aliphatic heterocycles. The van der Waals surface area contributed by atoms with E-state index in [1.54, 1.807) is 6.92 Å². The molecule has 2 fully saturated rings. The third kappa shape index (κ3) is 4.58. The molecule has 0 aromatic heterocycles. The fraction of sp³-hybridized carbons (Fsp3) is 0.579. The molecule has 25 heavy (non-hydrogen) atoms. The molecule has 2 amide bonds. The molecule has 6 nitrogen and oxygen atoms in total. The molecule has 6 heteroatoms. The molecule has 0 spiro atoms. The Hall–Kier alpha value is -1.92. The van der Waals surface area contributed by atoms with Gasteiger partial charge in [0, 0.05) is 57.8 Å². The number of hydrogen-bond donors (Lipinski definition) is 1. The summed E-state index contributed by atoms with van der Waals surface area (Å²) < 4.78 is 0. The van der Waals surface area contributed by atoms with Crippen molar-refractivity contribution < 1.29 is 14.7 Å². The highest BCUT2D eigenvalue weighted by Gasteiger charge is 2.23. The van der Waals surface area contributed by atoms with Crippen molar-refractivity contribution in [2.45, 2.75) is 32.4 Å². The van der Waals surface area contributed by atoms with Gasteiger partial charge in [0.05, 0.1) is 6.10 Å². The van der Waals surface area contributed by atoms with Crippen LogP contribution in [0.4, 0.5) is 0 Å². The molecule has 1 N–H and O–H groups in total. The van der Waals surface area contributed by atoms with Gasteiger partial charge in [0.15, 0.2) is 0 Å². The molecule has 3 rings (SSSR count). The van der Waals surface area contributed by atoms with Crippen LogP contribution in [0, 0.1) is 0 Å². The summed E-state index contributed by atoms with van der Waals surface area (Å²) in [7, 11) is 0. The summed E-state index contributed by atoms with van der Waals surface area (Å²) in [5, 5.41) is 9.46. The Morgan fingerprint density at radius 3 is 2.36 bits per heavy atom. The highest BCUT2D eigenvalue weighted by atomic mass is 16.3. The lowest BCUT2D eigenvalue weighted by atomic mass is 10.1. The van der Waals surface area contributed by atoms with Gasteiger partial charge in [0.1, 0.15) is 0 Å². The third-order valence-corrected chi connectivity index (χ3v) is 4.93. The van der Waals surface area contributed by atoms with Crippen molar-refractivity contribution in [3.63, 3.8) is 0 Å². The van der Waals surface area contributed by atoms with Gasteiger partial charge in [-0.25, -0.2) is 0 Å². The average Bonchev–Trinajstić information content (AvgIpc) is 3.00. The maximum absolute atomic E-state index is 12.6. The third-order valence-electron chi connectivity index (χ3n) is 4.93. The largest absolute Gasteiger partial charge is 0.392 e. The summed E-state index contributed by atoms with van der Waals surface area (Å²) in [4.78, 5) is 30.3. The quantitative estimate of drug-likeness (QED) is 0.863. The van der Waals surface area contributed by atoms with Gasteiger partial charge in [-0.1, -0.05) is 12.1 Å². The van der Waals surface area contributed by atoms with E-state index in [1.165, 1.54) is 0 Å². The van der Waals surface area contributed by atoms with Crippen molar-refractivity contribution in [3.05, 3.63) is 35.4 Å². The van der Waals surface area contributed by atoms with E-state index in [2.05, 4.69) is 4.90 Å². The van der Waals surface area contributed by atoms with Crippen molar-refractivity contribution >= 4 is 11.8 Å². The van der Waals surface area contributed by atoms with E-state index in [9.17, 15) is 14.7 Å². The monoisotopic (exact) mass is 345 g/mol. The Kier molecular flexibility index (Phi) is 5.71. The van der Waals surface area contributed by atoms with Crippen molar-refractivity contribution in [1.29, 1.82) is 0 Å². The Labute approximate surface area is 149 Å². The Morgan fingerprint density at radius 2 is 1.80 bits per heavy atom. The standard InChI is InChI=1S/C19H27N3O3/c1-15(23)13-20-9-11-21(12-10-20)19(25)17-6-4-16(5-7-17)14-22-8-2-3-18(22)24/h4-7,15,23H,2-3,8-14H2,1H3. The molecule has 0 radical (unpaired) electrons. The van der Waals surface area contributed by atoms with Crippen LogP contribution in [-0.4, -0.2) is 77.0 Å². The van der Waals surface area contributed by atoms with E-state index in [0.717, 1.165) is 31.6 Å². The van der Waals surface area contributed by atoms with E-state index >= 15 is 0 Å². The molecular formula is C19H27N3O3. The number of β-amino-alcohol motifs (C(OH)–C–C–N with tert-alkyl or cyclic N) is 1. The molecule has 1 aromatic carbocycles. The fourth-order valence-corrected chi connectivity index (χ4v) is 3.53. The number of aliphatic hydroxyl groups is 1. The van der Waals surface area contributed by atoms with E-state index in [0.29, 0.717) is 38.2 Å². The first-order chi connectivity index (χ1) is 12.0. The maximum Gasteiger partial charge on any atom is 0.253 e. The zero-order valence-corrected chi connectivity index (χ0v) is 14.9. The number of carbonyl (C=O) groups excluding carboxylic acids is 2. The molecule has 136 valence electrons. The summed E-state index contributed by atoms with van der Waals surface area (Å²) in [5.41, 5.74) is 1.76. The van der Waals surface area contributed by atoms with Gasteiger partial charge in [-0.2, -0.15) is 0 Å². The molecule has 1 aromatic rings. The molecule has 2 aliphatic rings. The Bertz CT molecular complexity index is 607. The van der Waals surface area contributed by atoms with Crippen LogP contribution in [0.3, 0.4) is 0 Å². The van der Waals surface area contributed by atoms with Gasteiger partial charge in [0.25, 0.3) is 5.91 Å². The van der Waals surface area contributed by atoms with Gasteiger partial charge in [-0.05, 0) is 31.0 Å². The molecule has 2 heterocycles. The summed E-state index contributed by atoms with van der Waals surface area (Å²) in [6.07, 6.45) is 1.26. The minimum absolute atomic E-state index is 0.0560. The first-order valence-corrected chi connectivity index (χ1v) is 9.09. The number of aliphatic hydroxyl groups excluding tert-OH is 1. The van der Waals surface area contributed by atoms with Crippen LogP contribution in [-0.2, 0) is 11.3 Å². The lowest BCUT2D eigenvalue weighted by Crippen LogP contribution is -2.50. The van der Waals surface area contributed by atoms with Crippen molar-refractivity contribution in [3.8, 4) is 0 Å². The van der Waals surface area contributed by atoms with E-state index in [4.69, 9.17) is 0 Å². The Morgan fingerprint density at radius 1 is 1.12 bits per heavy atom. The van der Waals surface area contributed by atoms with Crippen molar-refractivity contribution in [2.24, 2.45) is 0 Å². The zero-order chi connectivity index (χ0) is 17.8. The maximum atomic E-state index is 12.6. The van der Waals surface area contributed by atoms with E-state index < -0.39 is 0 Å². The second kappa shape index (κ2) is 7.97. The van der Waals surface area contributed by atoms with Gasteiger partial charge < -0.3 is 14.9 Å². The Balaban J connectivity index is 1.53. The minimum Gasteiger partial charge on any atom is -0.392 e. The molecule has 1 unspecified atom stereocenters. The fourth-order valence-electron chi connectivity index (χ4n) is 3.53. The minimum atomic E-state index is -0.336. The number of nitrogens with zero attached hydrogens (tertiary/aromatic N) is 3. The van der Waals surface area contributed by atoms with Gasteiger partial charge >= 0.3 is 0 Å². The average molecular weight is 345 g/mol. The lowest BCUT2D eigenvalue weighted by molar-refractivity contribution is -0.128. The molecule has 0 aliphatic carbocycles. The smallest absolute Gasteiger partial charge is 0.253 e. The van der Waals surface area contributed by atoms with Crippen LogP contribution in [0.15, 0.2) is 24.3 Å². The molecular weight excluding hydrogens is 318 g/mol. The number of rotatable bonds is 5. The summed E-state index contributed by atoms with van der Waals surface area (Å²) in [6.45, 7) is 6.88. The number of piperazine rings is 1. The summed E-state index contributed by atoms with van der Waals surface area (Å²) in [5.74, 6) is 0.274. The van der Waals surface area contributed by atoms with Crippen LogP contribution in [0.2, 0.25) is 0 Å². The highest BCUT2D eigenvalue weighted by molar-refractivity contribution is 5.94. The topological polar surface area (TPSA) is 64.1 Å². The van der Waals surface area contributed by atoms with Crippen LogP contribution in [0.5, 0.6) is 0 Å². The second-order valence-corrected chi connectivity index (χ2v) is 7.06. The molecule has 1 atom stereocenters. The second-order valence-electron chi connectivity index (χ2n) is 7.06. The summed E-state index contributed by atoms with van der Waals surface area (Å²) in [6, 6.07) is 7.62. The number of hydrogen-bond acceptors (Lipinski definition) is 4. The van der Waals surface area contributed by atoms with Gasteiger partial charge in [0.2, 0.25) is 5.91 Å². The van der Waals surface area contributed by atoms with Crippen LogP contribution < -0.4 is 0 Å². The van der Waals surface area contributed by atoms with Crippen molar-refractivity contribution in [1.82, 2.24) is 14.7 Å². The van der Waals surface area contributed by atoms with Gasteiger partial charge in [-0.3, -0.25) is 14.5 Å². The van der Waals surface area contributed by atoms with Crippen molar-refractivity contribution in [2.75, 3.05) is 39.3 Å². The number of likely N-dealkylation sites (tertiary alicyclic amines) is 1. The normalized spacial score (nSPS) is 20.2. The number of benzene rings is 1. The molecule has 0 bridgehead atoms. The summed E-state index contributed by atoms with van der Waals surface area (Å²) >= 11 is 0. The highest BCUT2D eigenvalue weighted by Crippen LogP contribution is 2.16. The first-order valence-electron chi connectivity index (χ1n) is 9.09. The lowest BCUT2D eigenvalue weighted by Gasteiger charge is -2.35.